The van der Waals surface area contributed by atoms with E-state index in [0.29, 0.717) is 35.8 Å². The van der Waals surface area contributed by atoms with Crippen LogP contribution in [0, 0.1) is 0 Å². The van der Waals surface area contributed by atoms with Crippen LogP contribution in [0.15, 0.2) is 48.6 Å². The SMILES string of the molecule is COc1ccc2c3c1O[C@H]1C(=O)C=C[C@@]4(O)[C@@H](C2)N(C)CC[C@]314.COc1ccc2c3c1O[C@H]1C(=O)C=C[C@@]4(O)[C@@H](C2)N(C)CC[C@]314.O=S(=O)(O)O. The number of rotatable bonds is 2. The van der Waals surface area contributed by atoms with Crippen molar-refractivity contribution in [1.29, 1.82) is 0 Å². The predicted molar refractivity (Wildman–Crippen MR) is 180 cm³/mol. The second kappa shape index (κ2) is 11.1. The topological polar surface area (TPSA) is 193 Å². The highest BCUT2D eigenvalue weighted by Gasteiger charge is 2.73. The molecule has 4 heterocycles. The van der Waals surface area contributed by atoms with Crippen LogP contribution in [-0.4, -0.2) is 126 Å². The molecule has 4 bridgehead atoms. The van der Waals surface area contributed by atoms with Crippen molar-refractivity contribution in [2.75, 3.05) is 41.4 Å². The number of aliphatic hydroxyl groups is 2. The summed E-state index contributed by atoms with van der Waals surface area (Å²) in [6, 6.07) is 7.83. The number of hydrogen-bond acceptors (Lipinski definition) is 12. The number of benzene rings is 2. The van der Waals surface area contributed by atoms with Crippen LogP contribution in [0.25, 0.3) is 0 Å². The van der Waals surface area contributed by atoms with Crippen molar-refractivity contribution >= 4 is 22.0 Å². The van der Waals surface area contributed by atoms with Crippen LogP contribution in [0.2, 0.25) is 0 Å². The van der Waals surface area contributed by atoms with Crippen LogP contribution in [0.5, 0.6) is 23.0 Å². The second-order valence-corrected chi connectivity index (χ2v) is 15.6. The first kappa shape index (κ1) is 34.3. The zero-order valence-corrected chi connectivity index (χ0v) is 29.3. The molecule has 4 aliphatic heterocycles. The average Bonchev–Trinajstić information content (AvgIpc) is 3.62. The second-order valence-electron chi connectivity index (χ2n) is 14.7. The van der Waals surface area contributed by atoms with Crippen LogP contribution >= 0.6 is 0 Å². The van der Waals surface area contributed by atoms with E-state index in [2.05, 4.69) is 21.9 Å². The van der Waals surface area contributed by atoms with E-state index in [1.54, 1.807) is 26.4 Å². The van der Waals surface area contributed by atoms with Gasteiger partial charge in [-0.25, -0.2) is 0 Å². The van der Waals surface area contributed by atoms with Gasteiger partial charge in [0.25, 0.3) is 0 Å². The molecular formula is C36H40N2O12S. The summed E-state index contributed by atoms with van der Waals surface area (Å²) >= 11 is 0. The fourth-order valence-corrected chi connectivity index (χ4v) is 10.6. The lowest BCUT2D eigenvalue weighted by atomic mass is 9.51. The summed E-state index contributed by atoms with van der Waals surface area (Å²) in [4.78, 5) is 29.5. The molecule has 0 amide bonds. The maximum Gasteiger partial charge on any atom is 0.394 e. The molecule has 0 saturated carbocycles. The fourth-order valence-electron chi connectivity index (χ4n) is 10.6. The monoisotopic (exact) mass is 724 g/mol. The summed E-state index contributed by atoms with van der Waals surface area (Å²) in [7, 11) is 2.63. The number of nitrogens with zero attached hydrogens (tertiary/aromatic N) is 2. The minimum atomic E-state index is -4.67. The van der Waals surface area contributed by atoms with Crippen molar-refractivity contribution in [1.82, 2.24) is 9.80 Å². The van der Waals surface area contributed by atoms with E-state index in [4.69, 9.17) is 36.5 Å². The minimum Gasteiger partial charge on any atom is -0.493 e. The Morgan fingerprint density at radius 1 is 0.725 bits per heavy atom. The van der Waals surface area contributed by atoms with Crippen LogP contribution in [0.1, 0.15) is 35.1 Å². The highest BCUT2D eigenvalue weighted by Crippen LogP contribution is 2.65. The van der Waals surface area contributed by atoms with Gasteiger partial charge < -0.3 is 29.2 Å². The van der Waals surface area contributed by atoms with E-state index >= 15 is 0 Å². The zero-order chi connectivity index (χ0) is 36.5. The summed E-state index contributed by atoms with van der Waals surface area (Å²) in [6.07, 6.45) is 8.01. The van der Waals surface area contributed by atoms with Crippen molar-refractivity contribution < 1.29 is 56.3 Å². The maximum absolute atomic E-state index is 12.6. The molecule has 8 aliphatic rings. The first-order valence-electron chi connectivity index (χ1n) is 16.8. The number of hydrogen-bond donors (Lipinski definition) is 4. The molecule has 8 atom stereocenters. The Balaban J connectivity index is 0.000000130. The Labute approximate surface area is 294 Å². The van der Waals surface area contributed by atoms with Crippen LogP contribution in [-0.2, 0) is 43.7 Å². The smallest absolute Gasteiger partial charge is 0.394 e. The Bertz CT molecular complexity index is 1910. The van der Waals surface area contributed by atoms with Crippen molar-refractivity contribution in [3.8, 4) is 23.0 Å². The quantitative estimate of drug-likeness (QED) is 0.321. The Hall–Kier alpha value is -3.83. The van der Waals surface area contributed by atoms with Crippen molar-refractivity contribution in [3.05, 3.63) is 70.8 Å². The molecule has 2 spiro atoms. The van der Waals surface area contributed by atoms with Gasteiger partial charge in [-0.1, -0.05) is 12.1 Å². The lowest BCUT2D eigenvalue weighted by Crippen LogP contribution is -2.74. The van der Waals surface area contributed by atoms with Gasteiger partial charge in [-0.15, -0.1) is 0 Å². The molecule has 4 N–H and O–H groups in total. The van der Waals surface area contributed by atoms with Gasteiger partial charge in [0.1, 0.15) is 11.2 Å². The van der Waals surface area contributed by atoms with Crippen molar-refractivity contribution in [2.24, 2.45) is 0 Å². The number of methoxy groups -OCH3 is 2. The van der Waals surface area contributed by atoms with Crippen molar-refractivity contribution in [3.63, 3.8) is 0 Å². The molecule has 0 unspecified atom stereocenters. The highest BCUT2D eigenvalue weighted by molar-refractivity contribution is 7.79. The third kappa shape index (κ3) is 4.33. The number of piperidine rings is 2. The number of ether oxygens (including phenoxy) is 4. The van der Waals surface area contributed by atoms with Gasteiger partial charge in [-0.2, -0.15) is 8.42 Å². The number of carbonyl (C=O) groups excluding carboxylic acids is 2. The van der Waals surface area contributed by atoms with E-state index in [-0.39, 0.29) is 23.7 Å². The van der Waals surface area contributed by atoms with Gasteiger partial charge >= 0.3 is 10.4 Å². The molecule has 0 aromatic heterocycles. The molecule has 15 heteroatoms. The molecule has 2 saturated heterocycles. The Morgan fingerprint density at radius 3 is 1.45 bits per heavy atom. The summed E-state index contributed by atoms with van der Waals surface area (Å²) in [6.45, 7) is 1.67. The summed E-state index contributed by atoms with van der Waals surface area (Å²) in [5, 5.41) is 23.3. The van der Waals surface area contributed by atoms with Crippen LogP contribution in [0.3, 0.4) is 0 Å². The first-order chi connectivity index (χ1) is 24.1. The Kier molecular flexibility index (Phi) is 7.45. The molecule has 0 radical (unpaired) electrons. The Morgan fingerprint density at radius 2 is 1.10 bits per heavy atom. The molecule has 14 nitrogen and oxygen atoms in total. The van der Waals surface area contributed by atoms with Gasteiger partial charge in [0.15, 0.2) is 46.8 Å². The van der Waals surface area contributed by atoms with Gasteiger partial charge in [0, 0.05) is 23.2 Å². The van der Waals surface area contributed by atoms with Crippen LogP contribution < -0.4 is 18.9 Å². The number of likely N-dealkylation sites (tertiary alicyclic amines) is 2. The molecule has 272 valence electrons. The standard InChI is InChI=1S/2C18H19NO4.H2O4S/c2*1-19-8-7-17-14-10-3-4-12(22-2)15(14)23-16(17)11(20)5-6-18(17,21)13(19)9-10;1-5(2,3)4/h2*3-6,13,16,21H,7-9H2,1-2H3;(H2,1,2,3,4)/t2*13-,16+,17+,18-;/m11./s1. The summed E-state index contributed by atoms with van der Waals surface area (Å²) < 4.78 is 54.7. The van der Waals surface area contributed by atoms with Gasteiger partial charge in [0.05, 0.1) is 25.0 Å². The number of ketones is 2. The van der Waals surface area contributed by atoms with Crippen LogP contribution in [0.4, 0.5) is 0 Å². The summed E-state index contributed by atoms with van der Waals surface area (Å²) in [5.41, 5.74) is 0.769. The fraction of sp³-hybridized carbons (Fsp3) is 0.500. The van der Waals surface area contributed by atoms with Crippen molar-refractivity contribution in [2.45, 2.75) is 72.0 Å². The number of likely N-dealkylation sites (N-methyl/N-ethyl adjacent to an activating group) is 2. The predicted octanol–water partition coefficient (Wildman–Crippen LogP) is 0.996. The normalized spacial score (nSPS) is 37.1. The lowest BCUT2D eigenvalue weighted by Gasteiger charge is -2.60. The van der Waals surface area contributed by atoms with Gasteiger partial charge in [-0.05, 0) is 100 Å². The van der Waals surface area contributed by atoms with E-state index in [0.717, 1.165) is 48.2 Å². The maximum atomic E-state index is 12.6. The minimum absolute atomic E-state index is 0.0430. The van der Waals surface area contributed by atoms with E-state index in [9.17, 15) is 19.8 Å². The zero-order valence-electron chi connectivity index (χ0n) is 28.5. The van der Waals surface area contributed by atoms with Gasteiger partial charge in [0.2, 0.25) is 0 Å². The molecule has 2 aromatic carbocycles. The third-order valence-electron chi connectivity index (χ3n) is 12.7. The summed E-state index contributed by atoms with van der Waals surface area (Å²) in [5.74, 6) is 2.44. The van der Waals surface area contributed by atoms with E-state index < -0.39 is 44.6 Å². The third-order valence-corrected chi connectivity index (χ3v) is 12.7. The molecule has 2 fully saturated rings. The molecule has 10 rings (SSSR count). The van der Waals surface area contributed by atoms with Gasteiger partial charge in [-0.3, -0.25) is 28.5 Å². The van der Waals surface area contributed by atoms with E-state index in [1.165, 1.54) is 12.2 Å². The van der Waals surface area contributed by atoms with E-state index in [1.807, 2.05) is 26.2 Å². The molecule has 51 heavy (non-hydrogen) atoms. The first-order valence-corrected chi connectivity index (χ1v) is 18.2. The molecule has 2 aromatic rings. The lowest BCUT2D eigenvalue weighted by molar-refractivity contribution is -0.151. The molecular weight excluding hydrogens is 684 g/mol. The molecule has 4 aliphatic carbocycles. The average molecular weight is 725 g/mol. The highest BCUT2D eigenvalue weighted by atomic mass is 32.3. The largest absolute Gasteiger partial charge is 0.493 e. The number of carbonyl (C=O) groups is 2.